The third-order valence-electron chi connectivity index (χ3n) is 2.16. The molecule has 1 saturated heterocycles. The summed E-state index contributed by atoms with van der Waals surface area (Å²) < 4.78 is 0. The number of rotatable bonds is 1. The number of carbonyl (C=O) groups excluding carboxylic acids is 2. The first-order valence-corrected chi connectivity index (χ1v) is 4.09. The summed E-state index contributed by atoms with van der Waals surface area (Å²) in [6.45, 7) is 0.994. The standard InChI is InChI=1S/C7H13N3O3/c8-9-6(12)7(13)10-2-1-5(3-10)4-11/h5,11H,1-4,8H2,(H,9,12). The predicted octanol–water partition coefficient (Wildman–Crippen LogP) is -2.18. The van der Waals surface area contributed by atoms with E-state index in [0.29, 0.717) is 13.1 Å². The second kappa shape index (κ2) is 4.20. The number of nitrogens with two attached hydrogens (primary N) is 1. The molecule has 0 aromatic rings. The van der Waals surface area contributed by atoms with E-state index in [4.69, 9.17) is 10.9 Å². The van der Waals surface area contributed by atoms with E-state index in [1.807, 2.05) is 0 Å². The molecule has 1 aliphatic heterocycles. The van der Waals surface area contributed by atoms with E-state index in [1.165, 1.54) is 4.90 Å². The molecule has 0 bridgehead atoms. The molecule has 6 nitrogen and oxygen atoms in total. The highest BCUT2D eigenvalue weighted by atomic mass is 16.3. The van der Waals surface area contributed by atoms with E-state index in [9.17, 15) is 9.59 Å². The third-order valence-corrected chi connectivity index (χ3v) is 2.16. The van der Waals surface area contributed by atoms with Crippen LogP contribution >= 0.6 is 0 Å². The van der Waals surface area contributed by atoms with Crippen LogP contribution in [0.5, 0.6) is 0 Å². The van der Waals surface area contributed by atoms with Crippen LogP contribution in [0.4, 0.5) is 0 Å². The molecule has 1 unspecified atom stereocenters. The Hall–Kier alpha value is -1.14. The molecule has 2 amide bonds. The average Bonchev–Trinajstić information content (AvgIpc) is 2.63. The second-order valence-corrected chi connectivity index (χ2v) is 3.06. The molecular formula is C7H13N3O3. The summed E-state index contributed by atoms with van der Waals surface area (Å²) in [7, 11) is 0. The Labute approximate surface area is 75.7 Å². The summed E-state index contributed by atoms with van der Waals surface area (Å²) in [6.07, 6.45) is 0.736. The lowest BCUT2D eigenvalue weighted by atomic mass is 10.1. The summed E-state index contributed by atoms with van der Waals surface area (Å²) in [5.41, 5.74) is 1.78. The molecule has 0 spiro atoms. The van der Waals surface area contributed by atoms with Gasteiger partial charge in [-0.05, 0) is 6.42 Å². The number of likely N-dealkylation sites (tertiary alicyclic amines) is 1. The summed E-state index contributed by atoms with van der Waals surface area (Å²) in [4.78, 5) is 23.4. The van der Waals surface area contributed by atoms with E-state index in [0.717, 1.165) is 6.42 Å². The molecule has 0 radical (unpaired) electrons. The van der Waals surface area contributed by atoms with E-state index < -0.39 is 11.8 Å². The number of aliphatic hydroxyl groups is 1. The van der Waals surface area contributed by atoms with Gasteiger partial charge < -0.3 is 10.0 Å². The van der Waals surface area contributed by atoms with E-state index in [1.54, 1.807) is 5.43 Å². The van der Waals surface area contributed by atoms with Crippen LogP contribution in [0, 0.1) is 5.92 Å². The van der Waals surface area contributed by atoms with Gasteiger partial charge in [0.1, 0.15) is 0 Å². The van der Waals surface area contributed by atoms with Gasteiger partial charge in [0, 0.05) is 25.6 Å². The van der Waals surface area contributed by atoms with Crippen molar-refractivity contribution in [3.05, 3.63) is 0 Å². The summed E-state index contributed by atoms with van der Waals surface area (Å²) >= 11 is 0. The van der Waals surface area contributed by atoms with Crippen LogP contribution in [0.25, 0.3) is 0 Å². The minimum absolute atomic E-state index is 0.0496. The maximum atomic E-state index is 11.2. The number of nitrogens with one attached hydrogen (secondary N) is 1. The fraction of sp³-hybridized carbons (Fsp3) is 0.714. The lowest BCUT2D eigenvalue weighted by Gasteiger charge is -2.14. The normalized spacial score (nSPS) is 21.7. The summed E-state index contributed by atoms with van der Waals surface area (Å²) in [6, 6.07) is 0. The first-order valence-electron chi connectivity index (χ1n) is 4.09. The highest BCUT2D eigenvalue weighted by Gasteiger charge is 2.28. The van der Waals surface area contributed by atoms with Crippen LogP contribution in [-0.4, -0.2) is 41.5 Å². The number of nitrogens with zero attached hydrogens (tertiary/aromatic N) is 1. The molecule has 1 heterocycles. The Morgan fingerprint density at radius 3 is 2.77 bits per heavy atom. The van der Waals surface area contributed by atoms with Crippen molar-refractivity contribution in [2.24, 2.45) is 11.8 Å². The van der Waals surface area contributed by atoms with Gasteiger partial charge in [-0.2, -0.15) is 0 Å². The summed E-state index contributed by atoms with van der Waals surface area (Å²) in [5.74, 6) is 3.47. The van der Waals surface area contributed by atoms with Gasteiger partial charge in [-0.3, -0.25) is 15.0 Å². The Morgan fingerprint density at radius 1 is 1.62 bits per heavy atom. The van der Waals surface area contributed by atoms with Crippen LogP contribution in [0.15, 0.2) is 0 Å². The van der Waals surface area contributed by atoms with Crippen molar-refractivity contribution < 1.29 is 14.7 Å². The zero-order valence-corrected chi connectivity index (χ0v) is 7.19. The second-order valence-electron chi connectivity index (χ2n) is 3.06. The molecule has 6 heteroatoms. The minimum atomic E-state index is -0.807. The Kier molecular flexibility index (Phi) is 3.21. The van der Waals surface area contributed by atoms with E-state index in [-0.39, 0.29) is 12.5 Å². The highest BCUT2D eigenvalue weighted by molar-refractivity contribution is 6.34. The third kappa shape index (κ3) is 2.16. The molecular weight excluding hydrogens is 174 g/mol. The Bertz CT molecular complexity index is 219. The van der Waals surface area contributed by atoms with Crippen molar-refractivity contribution in [3.8, 4) is 0 Å². The molecule has 13 heavy (non-hydrogen) atoms. The smallest absolute Gasteiger partial charge is 0.323 e. The van der Waals surface area contributed by atoms with Crippen molar-refractivity contribution >= 4 is 11.8 Å². The fourth-order valence-electron chi connectivity index (χ4n) is 1.37. The molecule has 74 valence electrons. The SMILES string of the molecule is NNC(=O)C(=O)N1CCC(CO)C1. The van der Waals surface area contributed by atoms with Gasteiger partial charge in [-0.1, -0.05) is 0 Å². The molecule has 1 fully saturated rings. The molecule has 1 aliphatic rings. The number of amides is 2. The molecule has 0 saturated carbocycles. The topological polar surface area (TPSA) is 95.7 Å². The van der Waals surface area contributed by atoms with E-state index >= 15 is 0 Å². The highest BCUT2D eigenvalue weighted by Crippen LogP contribution is 2.14. The predicted molar refractivity (Wildman–Crippen MR) is 44.1 cm³/mol. The molecule has 1 rings (SSSR count). The minimum Gasteiger partial charge on any atom is -0.396 e. The van der Waals surface area contributed by atoms with Gasteiger partial charge in [0.2, 0.25) is 0 Å². The van der Waals surface area contributed by atoms with Crippen molar-refractivity contribution in [3.63, 3.8) is 0 Å². The van der Waals surface area contributed by atoms with Gasteiger partial charge in [-0.25, -0.2) is 5.84 Å². The Balaban J connectivity index is 2.46. The molecule has 0 aromatic carbocycles. The quantitative estimate of drug-likeness (QED) is 0.188. The molecule has 0 aromatic heterocycles. The van der Waals surface area contributed by atoms with Crippen LogP contribution in [0.3, 0.4) is 0 Å². The first kappa shape index (κ1) is 9.94. The zero-order valence-electron chi connectivity index (χ0n) is 7.19. The van der Waals surface area contributed by atoms with Crippen molar-refractivity contribution in [1.82, 2.24) is 10.3 Å². The van der Waals surface area contributed by atoms with Crippen LogP contribution in [0.2, 0.25) is 0 Å². The van der Waals surface area contributed by atoms with Gasteiger partial charge in [-0.15, -0.1) is 0 Å². The molecule has 1 atom stereocenters. The van der Waals surface area contributed by atoms with Crippen molar-refractivity contribution in [2.75, 3.05) is 19.7 Å². The van der Waals surface area contributed by atoms with Crippen molar-refractivity contribution in [1.29, 1.82) is 0 Å². The van der Waals surface area contributed by atoms with Gasteiger partial charge in [0.05, 0.1) is 0 Å². The van der Waals surface area contributed by atoms with Gasteiger partial charge in [0.25, 0.3) is 0 Å². The number of hydrazine groups is 1. The first-order chi connectivity index (χ1) is 6.19. The maximum Gasteiger partial charge on any atom is 0.323 e. The summed E-state index contributed by atoms with van der Waals surface area (Å²) in [5, 5.41) is 8.80. The monoisotopic (exact) mass is 187 g/mol. The molecule has 4 N–H and O–H groups in total. The largest absolute Gasteiger partial charge is 0.396 e. The number of hydrogen-bond acceptors (Lipinski definition) is 4. The van der Waals surface area contributed by atoms with Gasteiger partial charge in [0.15, 0.2) is 0 Å². The number of carbonyl (C=O) groups is 2. The maximum absolute atomic E-state index is 11.2. The number of hydrogen-bond donors (Lipinski definition) is 3. The lowest BCUT2D eigenvalue weighted by molar-refractivity contribution is -0.145. The van der Waals surface area contributed by atoms with Crippen LogP contribution < -0.4 is 11.3 Å². The van der Waals surface area contributed by atoms with Crippen LogP contribution in [-0.2, 0) is 9.59 Å². The van der Waals surface area contributed by atoms with Crippen molar-refractivity contribution in [2.45, 2.75) is 6.42 Å². The number of aliphatic hydroxyl groups excluding tert-OH is 1. The molecule has 0 aliphatic carbocycles. The lowest BCUT2D eigenvalue weighted by Crippen LogP contribution is -2.44. The zero-order chi connectivity index (χ0) is 9.84. The van der Waals surface area contributed by atoms with Gasteiger partial charge >= 0.3 is 11.8 Å². The average molecular weight is 187 g/mol. The van der Waals surface area contributed by atoms with Crippen LogP contribution in [0.1, 0.15) is 6.42 Å². The fourth-order valence-corrected chi connectivity index (χ4v) is 1.37. The van der Waals surface area contributed by atoms with E-state index in [2.05, 4.69) is 0 Å². The Morgan fingerprint density at radius 2 is 2.31 bits per heavy atom.